The lowest BCUT2D eigenvalue weighted by molar-refractivity contribution is -0.123. The lowest BCUT2D eigenvalue weighted by Gasteiger charge is -2.34. The highest BCUT2D eigenvalue weighted by atomic mass is 35.5. The van der Waals surface area contributed by atoms with E-state index in [1.807, 2.05) is 18.2 Å². The van der Waals surface area contributed by atoms with Gasteiger partial charge in [-0.15, -0.1) is 0 Å². The van der Waals surface area contributed by atoms with Gasteiger partial charge in [0, 0.05) is 25.0 Å². The highest BCUT2D eigenvalue weighted by molar-refractivity contribution is 6.31. The number of hydrogen-bond donors (Lipinski definition) is 1. The highest BCUT2D eigenvalue weighted by Gasteiger charge is 2.33. The van der Waals surface area contributed by atoms with Crippen LogP contribution in [0.2, 0.25) is 5.02 Å². The Morgan fingerprint density at radius 3 is 2.62 bits per heavy atom. The van der Waals surface area contributed by atoms with Crippen LogP contribution >= 0.6 is 11.6 Å². The average molecular weight is 416 g/mol. The van der Waals surface area contributed by atoms with E-state index in [0.29, 0.717) is 35.4 Å². The number of benzene rings is 2. The van der Waals surface area contributed by atoms with Crippen molar-refractivity contribution in [3.05, 3.63) is 47.5 Å². The van der Waals surface area contributed by atoms with Gasteiger partial charge in [-0.2, -0.15) is 0 Å². The molecule has 1 saturated heterocycles. The van der Waals surface area contributed by atoms with Crippen molar-refractivity contribution in [3.8, 4) is 5.75 Å². The number of anilines is 3. The third kappa shape index (κ3) is 4.16. The van der Waals surface area contributed by atoms with Gasteiger partial charge in [0.15, 0.2) is 6.10 Å². The van der Waals surface area contributed by atoms with Gasteiger partial charge in [0.2, 0.25) is 5.91 Å². The van der Waals surface area contributed by atoms with Crippen LogP contribution in [-0.4, -0.2) is 50.8 Å². The SMILES string of the molecule is CC(=O)N1CC(C(=O)Nc2cc(Cl)ccc2N2CCOCC2)Oc2ccccc21. The summed E-state index contributed by atoms with van der Waals surface area (Å²) in [5.41, 5.74) is 2.16. The molecule has 0 radical (unpaired) electrons. The van der Waals surface area contributed by atoms with Gasteiger partial charge in [-0.3, -0.25) is 9.59 Å². The van der Waals surface area contributed by atoms with Gasteiger partial charge >= 0.3 is 0 Å². The Kier molecular flexibility index (Phi) is 5.60. The van der Waals surface area contributed by atoms with E-state index in [2.05, 4.69) is 10.2 Å². The van der Waals surface area contributed by atoms with Crippen molar-refractivity contribution in [1.29, 1.82) is 0 Å². The number of nitrogens with one attached hydrogen (secondary N) is 1. The molecule has 0 spiro atoms. The summed E-state index contributed by atoms with van der Waals surface area (Å²) in [6.45, 7) is 4.35. The minimum absolute atomic E-state index is 0.143. The number of amides is 2. The molecule has 2 aromatic carbocycles. The number of para-hydroxylation sites is 2. The van der Waals surface area contributed by atoms with E-state index >= 15 is 0 Å². The fraction of sp³-hybridized carbons (Fsp3) is 0.333. The quantitative estimate of drug-likeness (QED) is 0.834. The van der Waals surface area contributed by atoms with Gasteiger partial charge in [-0.25, -0.2) is 0 Å². The zero-order chi connectivity index (χ0) is 20.4. The first-order valence-corrected chi connectivity index (χ1v) is 9.87. The lowest BCUT2D eigenvalue weighted by atomic mass is 10.1. The van der Waals surface area contributed by atoms with E-state index in [-0.39, 0.29) is 18.4 Å². The molecule has 152 valence electrons. The van der Waals surface area contributed by atoms with Crippen LogP contribution in [0, 0.1) is 0 Å². The Bertz CT molecular complexity index is 930. The minimum atomic E-state index is -0.828. The Labute approximate surface area is 174 Å². The highest BCUT2D eigenvalue weighted by Crippen LogP contribution is 2.34. The smallest absolute Gasteiger partial charge is 0.267 e. The topological polar surface area (TPSA) is 71.1 Å². The number of carbonyl (C=O) groups is 2. The molecule has 2 aliphatic heterocycles. The zero-order valence-corrected chi connectivity index (χ0v) is 16.8. The van der Waals surface area contributed by atoms with Crippen LogP contribution in [0.3, 0.4) is 0 Å². The largest absolute Gasteiger partial charge is 0.476 e. The van der Waals surface area contributed by atoms with Gasteiger partial charge in [0.1, 0.15) is 5.75 Å². The van der Waals surface area contributed by atoms with Crippen molar-refractivity contribution in [2.75, 3.05) is 48.0 Å². The van der Waals surface area contributed by atoms with Gasteiger partial charge in [-0.05, 0) is 30.3 Å². The molecule has 4 rings (SSSR count). The number of ether oxygens (including phenoxy) is 2. The predicted molar refractivity (Wildman–Crippen MR) is 112 cm³/mol. The van der Waals surface area contributed by atoms with Crippen LogP contribution in [-0.2, 0) is 14.3 Å². The second-order valence-corrected chi connectivity index (χ2v) is 7.39. The summed E-state index contributed by atoms with van der Waals surface area (Å²) in [5.74, 6) is 0.0337. The van der Waals surface area contributed by atoms with Gasteiger partial charge in [0.25, 0.3) is 5.91 Å². The van der Waals surface area contributed by atoms with Crippen molar-refractivity contribution in [3.63, 3.8) is 0 Å². The third-order valence-corrected chi connectivity index (χ3v) is 5.25. The summed E-state index contributed by atoms with van der Waals surface area (Å²) in [4.78, 5) is 28.8. The molecule has 8 heteroatoms. The summed E-state index contributed by atoms with van der Waals surface area (Å²) < 4.78 is 11.3. The summed E-state index contributed by atoms with van der Waals surface area (Å²) in [7, 11) is 0. The van der Waals surface area contributed by atoms with Crippen LogP contribution in [0.5, 0.6) is 5.75 Å². The molecule has 0 aromatic heterocycles. The molecule has 0 bridgehead atoms. The fourth-order valence-corrected chi connectivity index (χ4v) is 3.74. The number of nitrogens with zero attached hydrogens (tertiary/aromatic N) is 2. The first-order valence-electron chi connectivity index (χ1n) is 9.50. The summed E-state index contributed by atoms with van der Waals surface area (Å²) in [6.07, 6.45) is -0.828. The summed E-state index contributed by atoms with van der Waals surface area (Å²) >= 11 is 6.18. The molecule has 2 amide bonds. The van der Waals surface area contributed by atoms with Crippen molar-refractivity contribution < 1.29 is 19.1 Å². The van der Waals surface area contributed by atoms with E-state index in [0.717, 1.165) is 18.8 Å². The zero-order valence-electron chi connectivity index (χ0n) is 16.1. The van der Waals surface area contributed by atoms with Gasteiger partial charge < -0.3 is 24.6 Å². The van der Waals surface area contributed by atoms with E-state index < -0.39 is 6.10 Å². The molecular formula is C21H22ClN3O4. The number of rotatable bonds is 3. The van der Waals surface area contributed by atoms with E-state index in [1.54, 1.807) is 29.2 Å². The predicted octanol–water partition coefficient (Wildman–Crippen LogP) is 2.93. The molecule has 1 N–H and O–H groups in total. The number of halogens is 1. The molecule has 7 nitrogen and oxygen atoms in total. The van der Waals surface area contributed by atoms with E-state index in [4.69, 9.17) is 21.1 Å². The van der Waals surface area contributed by atoms with Crippen molar-refractivity contribution >= 4 is 40.5 Å². The summed E-state index contributed by atoms with van der Waals surface area (Å²) in [5, 5.41) is 3.47. The molecule has 1 atom stereocenters. The van der Waals surface area contributed by atoms with Crippen LogP contribution in [0.1, 0.15) is 6.92 Å². The first kappa shape index (κ1) is 19.5. The van der Waals surface area contributed by atoms with Crippen LogP contribution < -0.4 is 19.9 Å². The maximum atomic E-state index is 13.0. The van der Waals surface area contributed by atoms with E-state index in [9.17, 15) is 9.59 Å². The van der Waals surface area contributed by atoms with Gasteiger partial charge in [-0.1, -0.05) is 23.7 Å². The number of morpholine rings is 1. The molecule has 0 saturated carbocycles. The van der Waals surface area contributed by atoms with Crippen LogP contribution in [0.25, 0.3) is 0 Å². The second kappa shape index (κ2) is 8.31. The number of fused-ring (bicyclic) bond motifs is 1. The molecule has 1 unspecified atom stereocenters. The number of carbonyl (C=O) groups excluding carboxylic acids is 2. The lowest BCUT2D eigenvalue weighted by Crippen LogP contribution is -2.48. The van der Waals surface area contributed by atoms with E-state index in [1.165, 1.54) is 6.92 Å². The Morgan fingerprint density at radius 1 is 1.10 bits per heavy atom. The summed E-state index contributed by atoms with van der Waals surface area (Å²) in [6, 6.07) is 12.6. The first-order chi connectivity index (χ1) is 14.0. The number of hydrogen-bond acceptors (Lipinski definition) is 5. The maximum Gasteiger partial charge on any atom is 0.267 e. The maximum absolute atomic E-state index is 13.0. The van der Waals surface area contributed by atoms with Crippen molar-refractivity contribution in [2.24, 2.45) is 0 Å². The monoisotopic (exact) mass is 415 g/mol. The molecule has 2 aromatic rings. The van der Waals surface area contributed by atoms with Crippen LogP contribution in [0.4, 0.5) is 17.1 Å². The van der Waals surface area contributed by atoms with Crippen LogP contribution in [0.15, 0.2) is 42.5 Å². The molecule has 2 aliphatic rings. The molecular weight excluding hydrogens is 394 g/mol. The normalized spacial score (nSPS) is 18.6. The Balaban J connectivity index is 1.57. The standard InChI is InChI=1S/C21H22ClN3O4/c1-14(26)25-13-20(29-19-5-3-2-4-18(19)25)21(27)23-16-12-15(22)6-7-17(16)24-8-10-28-11-9-24/h2-7,12,20H,8-11,13H2,1H3,(H,23,27). The molecule has 0 aliphatic carbocycles. The molecule has 2 heterocycles. The van der Waals surface area contributed by atoms with Gasteiger partial charge in [0.05, 0.1) is 36.8 Å². The van der Waals surface area contributed by atoms with Crippen molar-refractivity contribution in [1.82, 2.24) is 0 Å². The Hall–Kier alpha value is -2.77. The molecule has 1 fully saturated rings. The third-order valence-electron chi connectivity index (χ3n) is 5.01. The average Bonchev–Trinajstić information content (AvgIpc) is 2.73. The van der Waals surface area contributed by atoms with Crippen molar-refractivity contribution in [2.45, 2.75) is 13.0 Å². The fourth-order valence-electron chi connectivity index (χ4n) is 3.57. The molecule has 29 heavy (non-hydrogen) atoms. The minimum Gasteiger partial charge on any atom is -0.476 e. The second-order valence-electron chi connectivity index (χ2n) is 6.95. The Morgan fingerprint density at radius 2 is 1.86 bits per heavy atom.